The molecule has 1 heterocycles. The summed E-state index contributed by atoms with van der Waals surface area (Å²) >= 11 is 6.39. The highest BCUT2D eigenvalue weighted by Gasteiger charge is 2.20. The first-order valence-corrected chi connectivity index (χ1v) is 12.1. The number of Topliss-reactive ketones (excluding diaryl/α,β-unsaturated/α-hetero) is 1. The molecule has 0 spiro atoms. The Bertz CT molecular complexity index is 1260. The van der Waals surface area contributed by atoms with E-state index in [9.17, 15) is 14.7 Å². The molecule has 0 aliphatic carbocycles. The Morgan fingerprint density at radius 1 is 1.22 bits per heavy atom. The second-order valence-electron chi connectivity index (χ2n) is 8.38. The number of ketones is 1. The van der Waals surface area contributed by atoms with Gasteiger partial charge in [0.15, 0.2) is 5.78 Å². The summed E-state index contributed by atoms with van der Waals surface area (Å²) in [6.45, 7) is 7.51. The van der Waals surface area contributed by atoms with E-state index in [0.29, 0.717) is 53.6 Å². The predicted molar refractivity (Wildman–Crippen MR) is 134 cm³/mol. The number of nitrogens with two attached hydrogens (primary N) is 1. The molecular formula is C25H30ClN5O5. The highest BCUT2D eigenvalue weighted by molar-refractivity contribution is 6.32. The number of amides is 1. The van der Waals surface area contributed by atoms with E-state index in [1.165, 1.54) is 11.6 Å². The first-order chi connectivity index (χ1) is 17.2. The molecule has 0 fully saturated rings. The van der Waals surface area contributed by atoms with Crippen LogP contribution in [0.15, 0.2) is 24.3 Å². The van der Waals surface area contributed by atoms with E-state index in [0.717, 1.165) is 12.0 Å². The minimum Gasteiger partial charge on any atom is -0.507 e. The van der Waals surface area contributed by atoms with Gasteiger partial charge in [-0.15, -0.1) is 5.10 Å². The molecule has 0 saturated heterocycles. The second kappa shape index (κ2) is 11.9. The van der Waals surface area contributed by atoms with Crippen molar-refractivity contribution < 1.29 is 24.2 Å². The van der Waals surface area contributed by atoms with Crippen LogP contribution in [0.2, 0.25) is 5.02 Å². The van der Waals surface area contributed by atoms with Gasteiger partial charge in [0, 0.05) is 18.1 Å². The summed E-state index contributed by atoms with van der Waals surface area (Å²) < 4.78 is 13.4. The number of carbonyl (C=O) groups excluding carboxylic acids is 2. The maximum atomic E-state index is 11.8. The quantitative estimate of drug-likeness (QED) is 0.341. The highest BCUT2D eigenvalue weighted by atomic mass is 35.5. The van der Waals surface area contributed by atoms with E-state index in [2.05, 4.69) is 15.5 Å². The summed E-state index contributed by atoms with van der Waals surface area (Å²) in [5, 5.41) is 22.0. The first kappa shape index (κ1) is 26.9. The largest absolute Gasteiger partial charge is 0.507 e. The molecule has 1 atom stereocenters. The van der Waals surface area contributed by atoms with E-state index in [-0.39, 0.29) is 29.0 Å². The van der Waals surface area contributed by atoms with Gasteiger partial charge in [-0.1, -0.05) is 31.9 Å². The zero-order valence-corrected chi connectivity index (χ0v) is 21.5. The number of carbonyl (C=O) groups is 2. The highest BCUT2D eigenvalue weighted by Crippen LogP contribution is 2.34. The van der Waals surface area contributed by atoms with Crippen LogP contribution in [0.5, 0.6) is 17.2 Å². The first-order valence-electron chi connectivity index (χ1n) is 11.7. The van der Waals surface area contributed by atoms with Crippen LogP contribution in [-0.4, -0.2) is 49.7 Å². The number of phenols is 1. The number of aromatic nitrogens is 4. The van der Waals surface area contributed by atoms with Crippen molar-refractivity contribution in [2.24, 2.45) is 5.73 Å². The van der Waals surface area contributed by atoms with Crippen molar-refractivity contribution in [3.63, 3.8) is 0 Å². The molecular weight excluding hydrogens is 486 g/mol. The molecule has 10 nitrogen and oxygen atoms in total. The number of rotatable bonds is 12. The lowest BCUT2D eigenvalue weighted by atomic mass is 10.0. The molecule has 0 saturated carbocycles. The summed E-state index contributed by atoms with van der Waals surface area (Å²) in [6.07, 6.45) is 2.41. The van der Waals surface area contributed by atoms with Crippen LogP contribution in [0.3, 0.4) is 0 Å². The summed E-state index contributed by atoms with van der Waals surface area (Å²) in [5.41, 5.74) is 7.52. The van der Waals surface area contributed by atoms with Gasteiger partial charge in [0.1, 0.15) is 23.4 Å². The maximum absolute atomic E-state index is 11.8. The standard InChI is InChI=1S/C25H30ClN5O5/c1-5-7-18-21(9-8-17(15(4)32)23(18)33)36-16(6-2)10-11-35-22-13-20(14(3)12-19(22)26)31-25(24(27)34)28-29-30-31/h8-9,12-13,16,33H,5-7,10-11H2,1-4H3,(H2,27,34). The molecule has 1 unspecified atom stereocenters. The monoisotopic (exact) mass is 515 g/mol. The Labute approximate surface area is 214 Å². The lowest BCUT2D eigenvalue weighted by Crippen LogP contribution is -2.20. The number of hydrogen-bond donors (Lipinski definition) is 2. The van der Waals surface area contributed by atoms with Gasteiger partial charge < -0.3 is 20.3 Å². The minimum absolute atomic E-state index is 0.0233. The number of hydrogen-bond acceptors (Lipinski definition) is 8. The van der Waals surface area contributed by atoms with Crippen LogP contribution in [0.4, 0.5) is 0 Å². The number of phenolic OH excluding ortho intramolecular Hbond substituents is 1. The molecule has 1 amide bonds. The van der Waals surface area contributed by atoms with Crippen LogP contribution in [0.25, 0.3) is 5.69 Å². The number of benzene rings is 2. The third-order valence-electron chi connectivity index (χ3n) is 5.73. The molecule has 2 aromatic carbocycles. The van der Waals surface area contributed by atoms with E-state index in [1.54, 1.807) is 31.2 Å². The number of aromatic hydroxyl groups is 1. The third kappa shape index (κ3) is 5.93. The summed E-state index contributed by atoms with van der Waals surface area (Å²) in [7, 11) is 0. The van der Waals surface area contributed by atoms with E-state index in [1.807, 2.05) is 13.8 Å². The molecule has 0 radical (unpaired) electrons. The lowest BCUT2D eigenvalue weighted by Gasteiger charge is -2.21. The number of aryl methyl sites for hydroxylation is 1. The number of ether oxygens (including phenoxy) is 2. The van der Waals surface area contributed by atoms with Crippen molar-refractivity contribution in [2.45, 2.75) is 59.5 Å². The summed E-state index contributed by atoms with van der Waals surface area (Å²) in [5.74, 6) is -0.134. The number of halogens is 1. The van der Waals surface area contributed by atoms with Gasteiger partial charge in [0.2, 0.25) is 5.82 Å². The van der Waals surface area contributed by atoms with Gasteiger partial charge in [-0.2, -0.15) is 4.68 Å². The van der Waals surface area contributed by atoms with Crippen LogP contribution in [0, 0.1) is 6.92 Å². The van der Waals surface area contributed by atoms with Crippen LogP contribution < -0.4 is 15.2 Å². The fraction of sp³-hybridized carbons (Fsp3) is 0.400. The normalized spacial score (nSPS) is 11.8. The summed E-state index contributed by atoms with van der Waals surface area (Å²) in [4.78, 5) is 23.5. The average Bonchev–Trinajstić information content (AvgIpc) is 3.31. The molecule has 36 heavy (non-hydrogen) atoms. The van der Waals surface area contributed by atoms with Gasteiger partial charge in [0.05, 0.1) is 22.9 Å². The number of nitrogens with zero attached hydrogens (tertiary/aromatic N) is 4. The Balaban J connectivity index is 1.75. The van der Waals surface area contributed by atoms with Crippen molar-refractivity contribution in [1.29, 1.82) is 0 Å². The zero-order valence-electron chi connectivity index (χ0n) is 20.7. The topological polar surface area (TPSA) is 142 Å². The molecule has 11 heteroatoms. The fourth-order valence-electron chi connectivity index (χ4n) is 3.81. The molecule has 1 aromatic heterocycles. The molecule has 0 aliphatic heterocycles. The van der Waals surface area contributed by atoms with Crippen LogP contribution >= 0.6 is 11.6 Å². The van der Waals surface area contributed by atoms with Gasteiger partial charge in [-0.3, -0.25) is 9.59 Å². The molecule has 3 rings (SSSR count). The Morgan fingerprint density at radius 3 is 2.61 bits per heavy atom. The smallest absolute Gasteiger partial charge is 0.288 e. The predicted octanol–water partition coefficient (Wildman–Crippen LogP) is 4.21. The Hall–Kier alpha value is -3.66. The second-order valence-corrected chi connectivity index (χ2v) is 8.78. The lowest BCUT2D eigenvalue weighted by molar-refractivity contribution is 0.0985. The molecule has 3 aromatic rings. The van der Waals surface area contributed by atoms with Gasteiger partial charge in [-0.25, -0.2) is 0 Å². The average molecular weight is 516 g/mol. The Morgan fingerprint density at radius 2 is 1.97 bits per heavy atom. The van der Waals surface area contributed by atoms with E-state index in [4.69, 9.17) is 26.8 Å². The van der Waals surface area contributed by atoms with Crippen molar-refractivity contribution in [3.05, 3.63) is 51.8 Å². The van der Waals surface area contributed by atoms with Gasteiger partial charge in [-0.05, 0) is 60.9 Å². The van der Waals surface area contributed by atoms with Gasteiger partial charge in [0.25, 0.3) is 5.91 Å². The zero-order chi connectivity index (χ0) is 26.4. The van der Waals surface area contributed by atoms with Gasteiger partial charge >= 0.3 is 0 Å². The van der Waals surface area contributed by atoms with Crippen LogP contribution in [-0.2, 0) is 6.42 Å². The van der Waals surface area contributed by atoms with Crippen LogP contribution in [0.1, 0.15) is 72.1 Å². The molecule has 0 aliphatic rings. The fourth-order valence-corrected chi connectivity index (χ4v) is 4.09. The molecule has 3 N–H and O–H groups in total. The Kier molecular flexibility index (Phi) is 8.87. The van der Waals surface area contributed by atoms with Crippen molar-refractivity contribution in [3.8, 4) is 22.9 Å². The number of primary amides is 1. The number of tetrazole rings is 1. The van der Waals surface area contributed by atoms with E-state index >= 15 is 0 Å². The minimum atomic E-state index is -0.760. The SMILES string of the molecule is CCCc1c(OC(CC)CCOc2cc(-n3nnnc3C(N)=O)c(C)cc2Cl)ccc(C(C)=O)c1O. The van der Waals surface area contributed by atoms with E-state index < -0.39 is 5.91 Å². The van der Waals surface area contributed by atoms with Crippen molar-refractivity contribution >= 4 is 23.3 Å². The molecule has 192 valence electrons. The summed E-state index contributed by atoms with van der Waals surface area (Å²) in [6, 6.07) is 6.67. The van der Waals surface area contributed by atoms with Crippen molar-refractivity contribution in [1.82, 2.24) is 20.2 Å². The van der Waals surface area contributed by atoms with Crippen molar-refractivity contribution in [2.75, 3.05) is 6.61 Å². The molecule has 0 bridgehead atoms. The third-order valence-corrected chi connectivity index (χ3v) is 6.03. The maximum Gasteiger partial charge on any atom is 0.288 e.